The molecule has 0 aromatic carbocycles. The zero-order valence-electron chi connectivity index (χ0n) is 9.15. The van der Waals surface area contributed by atoms with Crippen LogP contribution >= 0.6 is 11.3 Å². The minimum absolute atomic E-state index is 0.579. The highest BCUT2D eigenvalue weighted by Gasteiger charge is 2.21. The molecule has 0 saturated carbocycles. The predicted octanol–water partition coefficient (Wildman–Crippen LogP) is 1.88. The number of anilines is 1. The van der Waals surface area contributed by atoms with Crippen LogP contribution in [0.5, 0.6) is 0 Å². The summed E-state index contributed by atoms with van der Waals surface area (Å²) in [5, 5.41) is 9.56. The van der Waals surface area contributed by atoms with E-state index in [-0.39, 0.29) is 0 Å². The third-order valence-electron chi connectivity index (χ3n) is 3.04. The molecule has 1 unspecified atom stereocenters. The van der Waals surface area contributed by atoms with Crippen LogP contribution in [0, 0.1) is 0 Å². The van der Waals surface area contributed by atoms with E-state index < -0.39 is 0 Å². The predicted molar refractivity (Wildman–Crippen MR) is 62.7 cm³/mol. The van der Waals surface area contributed by atoms with E-state index in [0.29, 0.717) is 5.13 Å². The molecule has 1 fully saturated rings. The van der Waals surface area contributed by atoms with E-state index in [1.807, 2.05) is 0 Å². The first-order valence-electron chi connectivity index (χ1n) is 5.61. The molecule has 4 nitrogen and oxygen atoms in total. The SMILES string of the molecule is CCC1CCCCN1Cc1nnc(N)s1. The Balaban J connectivity index is 1.97. The van der Waals surface area contributed by atoms with Crippen molar-refractivity contribution in [2.75, 3.05) is 12.3 Å². The Morgan fingerprint density at radius 2 is 2.33 bits per heavy atom. The van der Waals surface area contributed by atoms with Gasteiger partial charge in [-0.05, 0) is 25.8 Å². The molecule has 1 atom stereocenters. The lowest BCUT2D eigenvalue weighted by atomic mass is 10.0. The number of piperidine rings is 1. The number of rotatable bonds is 3. The molecular weight excluding hydrogens is 208 g/mol. The second kappa shape index (κ2) is 4.90. The highest BCUT2D eigenvalue weighted by molar-refractivity contribution is 7.15. The highest BCUT2D eigenvalue weighted by Crippen LogP contribution is 2.23. The Hall–Kier alpha value is -0.680. The van der Waals surface area contributed by atoms with Crippen LogP contribution in [0.2, 0.25) is 0 Å². The van der Waals surface area contributed by atoms with Crippen molar-refractivity contribution in [3.05, 3.63) is 5.01 Å². The second-order valence-corrected chi connectivity index (χ2v) is 5.16. The summed E-state index contributed by atoms with van der Waals surface area (Å²) in [5.41, 5.74) is 5.58. The highest BCUT2D eigenvalue weighted by atomic mass is 32.1. The van der Waals surface area contributed by atoms with Crippen LogP contribution in [-0.2, 0) is 6.54 Å². The quantitative estimate of drug-likeness (QED) is 0.855. The van der Waals surface area contributed by atoms with Crippen molar-refractivity contribution >= 4 is 16.5 Å². The van der Waals surface area contributed by atoms with Gasteiger partial charge >= 0.3 is 0 Å². The van der Waals surface area contributed by atoms with E-state index in [2.05, 4.69) is 22.0 Å². The smallest absolute Gasteiger partial charge is 0.203 e. The molecule has 0 aliphatic carbocycles. The number of nitrogens with zero attached hydrogens (tertiary/aromatic N) is 3. The number of nitrogen functional groups attached to an aromatic ring is 1. The second-order valence-electron chi connectivity index (χ2n) is 4.06. The standard InChI is InChI=1S/C10H18N4S/c1-2-8-5-3-4-6-14(8)7-9-12-13-10(11)15-9/h8H,2-7H2,1H3,(H2,11,13). The largest absolute Gasteiger partial charge is 0.374 e. The number of nitrogens with two attached hydrogens (primary N) is 1. The molecule has 5 heteroatoms. The van der Waals surface area contributed by atoms with Gasteiger partial charge < -0.3 is 5.73 Å². The average molecular weight is 226 g/mol. The Labute approximate surface area is 94.5 Å². The molecule has 84 valence electrons. The van der Waals surface area contributed by atoms with Crippen LogP contribution in [0.3, 0.4) is 0 Å². The minimum Gasteiger partial charge on any atom is -0.374 e. The number of likely N-dealkylation sites (tertiary alicyclic amines) is 1. The molecule has 1 aromatic heterocycles. The fourth-order valence-electron chi connectivity index (χ4n) is 2.23. The van der Waals surface area contributed by atoms with Gasteiger partial charge in [-0.25, -0.2) is 0 Å². The van der Waals surface area contributed by atoms with Gasteiger partial charge in [0.1, 0.15) is 5.01 Å². The van der Waals surface area contributed by atoms with Crippen LogP contribution in [0.25, 0.3) is 0 Å². The van der Waals surface area contributed by atoms with E-state index in [0.717, 1.165) is 17.6 Å². The summed E-state index contributed by atoms with van der Waals surface area (Å²) < 4.78 is 0. The molecule has 1 aliphatic heterocycles. The third-order valence-corrected chi connectivity index (χ3v) is 3.78. The number of hydrogen-bond donors (Lipinski definition) is 1. The summed E-state index contributed by atoms with van der Waals surface area (Å²) in [6.07, 6.45) is 5.23. The lowest BCUT2D eigenvalue weighted by molar-refractivity contribution is 0.136. The minimum atomic E-state index is 0.579. The maximum atomic E-state index is 5.58. The van der Waals surface area contributed by atoms with Gasteiger partial charge in [0.2, 0.25) is 5.13 Å². The number of hydrogen-bond acceptors (Lipinski definition) is 5. The molecule has 0 spiro atoms. The fraction of sp³-hybridized carbons (Fsp3) is 0.800. The molecule has 15 heavy (non-hydrogen) atoms. The van der Waals surface area contributed by atoms with Crippen LogP contribution in [0.15, 0.2) is 0 Å². The van der Waals surface area contributed by atoms with E-state index in [1.54, 1.807) is 0 Å². The first-order valence-corrected chi connectivity index (χ1v) is 6.43. The molecule has 1 aromatic rings. The van der Waals surface area contributed by atoms with Crippen molar-refractivity contribution < 1.29 is 0 Å². The lowest BCUT2D eigenvalue weighted by Crippen LogP contribution is -2.38. The first kappa shape index (κ1) is 10.8. The molecule has 2 rings (SSSR count). The van der Waals surface area contributed by atoms with Crippen molar-refractivity contribution in [2.24, 2.45) is 0 Å². The molecule has 0 amide bonds. The van der Waals surface area contributed by atoms with E-state index in [1.165, 1.54) is 43.6 Å². The van der Waals surface area contributed by atoms with Gasteiger partial charge in [0.05, 0.1) is 6.54 Å². The maximum absolute atomic E-state index is 5.58. The molecule has 0 bridgehead atoms. The van der Waals surface area contributed by atoms with Gasteiger partial charge in [-0.3, -0.25) is 4.90 Å². The van der Waals surface area contributed by atoms with Crippen LogP contribution in [0.4, 0.5) is 5.13 Å². The van der Waals surface area contributed by atoms with Crippen LogP contribution in [-0.4, -0.2) is 27.7 Å². The Morgan fingerprint density at radius 1 is 1.47 bits per heavy atom. The zero-order valence-corrected chi connectivity index (χ0v) is 9.96. The van der Waals surface area contributed by atoms with Crippen molar-refractivity contribution in [1.29, 1.82) is 0 Å². The van der Waals surface area contributed by atoms with Gasteiger partial charge in [-0.15, -0.1) is 10.2 Å². The topological polar surface area (TPSA) is 55.0 Å². The Kier molecular flexibility index (Phi) is 3.53. The molecular formula is C10H18N4S. The van der Waals surface area contributed by atoms with Gasteiger partial charge in [0, 0.05) is 6.04 Å². The van der Waals surface area contributed by atoms with Gasteiger partial charge in [-0.1, -0.05) is 24.7 Å². The molecule has 2 heterocycles. The molecule has 2 N–H and O–H groups in total. The Morgan fingerprint density at radius 3 is 3.00 bits per heavy atom. The summed E-state index contributed by atoms with van der Waals surface area (Å²) in [7, 11) is 0. The summed E-state index contributed by atoms with van der Waals surface area (Å²) in [4.78, 5) is 2.52. The van der Waals surface area contributed by atoms with Crippen molar-refractivity contribution in [3.8, 4) is 0 Å². The fourth-order valence-corrected chi connectivity index (χ4v) is 2.87. The van der Waals surface area contributed by atoms with E-state index in [9.17, 15) is 0 Å². The monoisotopic (exact) mass is 226 g/mol. The van der Waals surface area contributed by atoms with Crippen molar-refractivity contribution in [1.82, 2.24) is 15.1 Å². The van der Waals surface area contributed by atoms with Gasteiger partial charge in [0.25, 0.3) is 0 Å². The van der Waals surface area contributed by atoms with E-state index in [4.69, 9.17) is 5.73 Å². The summed E-state index contributed by atoms with van der Waals surface area (Å²) in [6.45, 7) is 4.38. The Bertz CT molecular complexity index is 312. The van der Waals surface area contributed by atoms with Crippen molar-refractivity contribution in [3.63, 3.8) is 0 Å². The molecule has 1 saturated heterocycles. The molecule has 0 radical (unpaired) electrons. The van der Waals surface area contributed by atoms with Gasteiger partial charge in [-0.2, -0.15) is 0 Å². The van der Waals surface area contributed by atoms with Crippen LogP contribution < -0.4 is 5.73 Å². The first-order chi connectivity index (χ1) is 7.29. The van der Waals surface area contributed by atoms with Crippen LogP contribution in [0.1, 0.15) is 37.6 Å². The van der Waals surface area contributed by atoms with Crippen molar-refractivity contribution in [2.45, 2.75) is 45.2 Å². The summed E-state index contributed by atoms with van der Waals surface area (Å²) in [5.74, 6) is 0. The number of aromatic nitrogens is 2. The molecule has 1 aliphatic rings. The van der Waals surface area contributed by atoms with Gasteiger partial charge in [0.15, 0.2) is 0 Å². The third kappa shape index (κ3) is 2.66. The average Bonchev–Trinajstić information content (AvgIpc) is 2.65. The zero-order chi connectivity index (χ0) is 10.7. The summed E-state index contributed by atoms with van der Waals surface area (Å²) in [6, 6.07) is 0.726. The summed E-state index contributed by atoms with van der Waals surface area (Å²) >= 11 is 1.51. The maximum Gasteiger partial charge on any atom is 0.203 e. The lowest BCUT2D eigenvalue weighted by Gasteiger charge is -2.34. The van der Waals surface area contributed by atoms with E-state index >= 15 is 0 Å². The normalized spacial score (nSPS) is 23.1.